The molecule has 3 N–H and O–H groups in total. The number of carbonyl (C=O) groups is 1. The highest BCUT2D eigenvalue weighted by Crippen LogP contribution is 2.21. The van der Waals surface area contributed by atoms with Gasteiger partial charge in [-0.15, -0.1) is 0 Å². The predicted molar refractivity (Wildman–Crippen MR) is 78.9 cm³/mol. The van der Waals surface area contributed by atoms with Crippen molar-refractivity contribution in [3.8, 4) is 0 Å². The number of carbonyl (C=O) groups excluding carboxylic acids is 1. The number of nitrogens with two attached hydrogens (primary N) is 1. The first-order valence-corrected chi connectivity index (χ1v) is 8.02. The smallest absolute Gasteiger partial charge is 0.254 e. The molecule has 118 valence electrons. The Balaban J connectivity index is 3.24. The summed E-state index contributed by atoms with van der Waals surface area (Å²) in [6, 6.07) is 1.85. The fourth-order valence-corrected chi connectivity index (χ4v) is 2.18. The molecule has 21 heavy (non-hydrogen) atoms. The van der Waals surface area contributed by atoms with Gasteiger partial charge in [0, 0.05) is 6.04 Å². The van der Waals surface area contributed by atoms with Crippen molar-refractivity contribution < 1.29 is 17.6 Å². The second kappa shape index (κ2) is 5.73. The van der Waals surface area contributed by atoms with Gasteiger partial charge in [0.05, 0.1) is 10.5 Å². The van der Waals surface area contributed by atoms with Gasteiger partial charge in [-0.05, 0) is 37.0 Å². The van der Waals surface area contributed by atoms with E-state index in [4.69, 9.17) is 5.14 Å². The summed E-state index contributed by atoms with van der Waals surface area (Å²) >= 11 is 0. The van der Waals surface area contributed by atoms with Crippen molar-refractivity contribution in [2.24, 2.45) is 10.6 Å². The molecule has 0 saturated carbocycles. The Labute approximate surface area is 124 Å². The third-order valence-electron chi connectivity index (χ3n) is 3.45. The fraction of sp³-hybridized carbons (Fsp3) is 0.500. The first-order valence-electron chi connectivity index (χ1n) is 6.48. The van der Waals surface area contributed by atoms with E-state index >= 15 is 0 Å². The molecule has 0 spiro atoms. The maximum atomic E-state index is 14.1. The van der Waals surface area contributed by atoms with Gasteiger partial charge in [-0.2, -0.15) is 0 Å². The zero-order chi connectivity index (χ0) is 16.6. The van der Waals surface area contributed by atoms with E-state index in [1.165, 1.54) is 6.92 Å². The van der Waals surface area contributed by atoms with Crippen LogP contribution < -0.4 is 10.5 Å². The number of sulfonamides is 1. The highest BCUT2D eigenvalue weighted by molar-refractivity contribution is 7.89. The molecule has 0 aliphatic rings. The first-order chi connectivity index (χ1) is 9.34. The Hall–Kier alpha value is -1.47. The summed E-state index contributed by atoms with van der Waals surface area (Å²) in [4.78, 5) is 11.9. The summed E-state index contributed by atoms with van der Waals surface area (Å²) in [5.41, 5.74) is -0.483. The summed E-state index contributed by atoms with van der Waals surface area (Å²) < 4.78 is 36.8. The molecule has 0 fully saturated rings. The minimum Gasteiger partial charge on any atom is -0.349 e. The number of nitrogens with one attached hydrogen (secondary N) is 1. The normalized spacial score (nSPS) is 13.9. The van der Waals surface area contributed by atoms with Gasteiger partial charge in [0.15, 0.2) is 0 Å². The summed E-state index contributed by atoms with van der Waals surface area (Å²) in [5, 5.41) is 7.70. The lowest BCUT2D eigenvalue weighted by molar-refractivity contribution is 0.0905. The number of aryl methyl sites for hydroxylation is 1. The molecule has 0 aliphatic heterocycles. The van der Waals surface area contributed by atoms with Crippen LogP contribution >= 0.6 is 0 Å². The maximum Gasteiger partial charge on any atom is 0.254 e. The number of rotatable bonds is 3. The van der Waals surface area contributed by atoms with Crippen molar-refractivity contribution in [2.45, 2.75) is 45.6 Å². The molecule has 0 radical (unpaired) electrons. The molecule has 1 atom stereocenters. The molecule has 1 unspecified atom stereocenters. The van der Waals surface area contributed by atoms with Gasteiger partial charge >= 0.3 is 0 Å². The minimum absolute atomic E-state index is 0.0510. The lowest BCUT2D eigenvalue weighted by Crippen LogP contribution is -2.41. The molecule has 1 aromatic carbocycles. The quantitative estimate of drug-likeness (QED) is 0.893. The Kier molecular flexibility index (Phi) is 4.80. The van der Waals surface area contributed by atoms with Gasteiger partial charge < -0.3 is 5.32 Å². The van der Waals surface area contributed by atoms with Crippen LogP contribution in [-0.4, -0.2) is 20.4 Å². The molecule has 1 amide bonds. The number of benzene rings is 1. The Morgan fingerprint density at radius 3 is 2.29 bits per heavy atom. The number of hydrogen-bond donors (Lipinski definition) is 2. The van der Waals surface area contributed by atoms with E-state index in [0.29, 0.717) is 0 Å². The molecule has 1 aromatic rings. The van der Waals surface area contributed by atoms with E-state index in [-0.39, 0.29) is 27.5 Å². The minimum atomic E-state index is -4.00. The van der Waals surface area contributed by atoms with E-state index in [1.807, 2.05) is 20.8 Å². The highest BCUT2D eigenvalue weighted by atomic mass is 32.2. The van der Waals surface area contributed by atoms with Crippen LogP contribution in [0.3, 0.4) is 0 Å². The molecule has 0 bridgehead atoms. The average Bonchev–Trinajstić information content (AvgIpc) is 2.29. The van der Waals surface area contributed by atoms with E-state index in [0.717, 1.165) is 12.1 Å². The monoisotopic (exact) mass is 316 g/mol. The Bertz CT molecular complexity index is 664. The van der Waals surface area contributed by atoms with E-state index < -0.39 is 21.7 Å². The number of amides is 1. The predicted octanol–water partition coefficient (Wildman–Crippen LogP) is 1.95. The molecule has 1 rings (SSSR count). The fourth-order valence-electron chi connectivity index (χ4n) is 1.56. The van der Waals surface area contributed by atoms with Gasteiger partial charge in [-0.1, -0.05) is 20.8 Å². The molecule has 0 aliphatic carbocycles. The number of hydrogen-bond acceptors (Lipinski definition) is 3. The molecular formula is C14H21FN2O3S. The summed E-state index contributed by atoms with van der Waals surface area (Å²) in [6.45, 7) is 8.97. The molecule has 0 saturated heterocycles. The van der Waals surface area contributed by atoms with Crippen molar-refractivity contribution in [3.05, 3.63) is 29.1 Å². The zero-order valence-electron chi connectivity index (χ0n) is 12.8. The topological polar surface area (TPSA) is 89.3 Å². The highest BCUT2D eigenvalue weighted by Gasteiger charge is 2.25. The molecule has 7 heteroatoms. The third kappa shape index (κ3) is 4.25. The van der Waals surface area contributed by atoms with Crippen LogP contribution in [-0.2, 0) is 10.0 Å². The van der Waals surface area contributed by atoms with Gasteiger partial charge in [0.2, 0.25) is 10.0 Å². The lowest BCUT2D eigenvalue weighted by Gasteiger charge is -2.28. The van der Waals surface area contributed by atoms with Crippen LogP contribution in [0, 0.1) is 18.2 Å². The molecular weight excluding hydrogens is 295 g/mol. The second-order valence-corrected chi connectivity index (χ2v) is 7.77. The van der Waals surface area contributed by atoms with Gasteiger partial charge in [0.1, 0.15) is 5.82 Å². The van der Waals surface area contributed by atoms with E-state index in [9.17, 15) is 17.6 Å². The van der Waals surface area contributed by atoms with Gasteiger partial charge in [-0.3, -0.25) is 4.79 Å². The number of halogens is 1. The summed E-state index contributed by atoms with van der Waals surface area (Å²) in [5.74, 6) is -1.41. The standard InChI is InChI=1S/C14H21FN2O3S/c1-8-6-10(21(16,19)20)7-11(12(8)15)13(18)17-9(2)14(3,4)5/h6-7,9H,1-5H3,(H,17,18)(H2,16,19,20). The third-order valence-corrected chi connectivity index (χ3v) is 4.34. The SMILES string of the molecule is Cc1cc(S(N)(=O)=O)cc(C(=O)NC(C)C(C)(C)C)c1F. The van der Waals surface area contributed by atoms with Crippen molar-refractivity contribution >= 4 is 15.9 Å². The zero-order valence-corrected chi connectivity index (χ0v) is 13.6. The molecule has 0 aromatic heterocycles. The summed E-state index contributed by atoms with van der Waals surface area (Å²) in [7, 11) is -4.00. The van der Waals surface area contributed by atoms with Crippen LogP contribution in [0.2, 0.25) is 0 Å². The van der Waals surface area contributed by atoms with Gasteiger partial charge in [0.25, 0.3) is 5.91 Å². The first kappa shape index (κ1) is 17.6. The van der Waals surface area contributed by atoms with Crippen LogP contribution in [0.4, 0.5) is 4.39 Å². The van der Waals surface area contributed by atoms with E-state index in [2.05, 4.69) is 5.32 Å². The largest absolute Gasteiger partial charge is 0.349 e. The second-order valence-electron chi connectivity index (χ2n) is 6.21. The van der Waals surface area contributed by atoms with Crippen molar-refractivity contribution in [1.82, 2.24) is 5.32 Å². The van der Waals surface area contributed by atoms with Crippen molar-refractivity contribution in [1.29, 1.82) is 0 Å². The molecule has 0 heterocycles. The Morgan fingerprint density at radius 1 is 1.33 bits per heavy atom. The van der Waals surface area contributed by atoms with E-state index in [1.54, 1.807) is 6.92 Å². The van der Waals surface area contributed by atoms with Gasteiger partial charge in [-0.25, -0.2) is 17.9 Å². The van der Waals surface area contributed by atoms with Crippen LogP contribution in [0.5, 0.6) is 0 Å². The van der Waals surface area contributed by atoms with Crippen LogP contribution in [0.1, 0.15) is 43.6 Å². The van der Waals surface area contributed by atoms with Crippen LogP contribution in [0.25, 0.3) is 0 Å². The average molecular weight is 316 g/mol. The van der Waals surface area contributed by atoms with Crippen molar-refractivity contribution in [2.75, 3.05) is 0 Å². The Morgan fingerprint density at radius 2 is 1.86 bits per heavy atom. The molecule has 5 nitrogen and oxygen atoms in total. The summed E-state index contributed by atoms with van der Waals surface area (Å²) in [6.07, 6.45) is 0. The van der Waals surface area contributed by atoms with Crippen molar-refractivity contribution in [3.63, 3.8) is 0 Å². The lowest BCUT2D eigenvalue weighted by atomic mass is 9.88. The maximum absolute atomic E-state index is 14.1. The van der Waals surface area contributed by atoms with Crippen LogP contribution in [0.15, 0.2) is 17.0 Å². The number of primary sulfonamides is 1.